The zero-order valence-corrected chi connectivity index (χ0v) is 14.7. The molecule has 0 atom stereocenters. The van der Waals surface area contributed by atoms with E-state index >= 15 is 0 Å². The van der Waals surface area contributed by atoms with Gasteiger partial charge < -0.3 is 5.32 Å². The molecule has 0 spiro atoms. The summed E-state index contributed by atoms with van der Waals surface area (Å²) in [4.78, 5) is 24.3. The molecule has 0 bridgehead atoms. The fourth-order valence-electron chi connectivity index (χ4n) is 1.83. The third-order valence-electron chi connectivity index (χ3n) is 3.07. The lowest BCUT2D eigenvalue weighted by atomic mass is 10.2. The maximum absolute atomic E-state index is 12.7. The van der Waals surface area contributed by atoms with Gasteiger partial charge in [0, 0.05) is 17.7 Å². The molecule has 5 nitrogen and oxygen atoms in total. The molecular formula is C16H13ClF3N3O2S. The number of alkyl halides is 3. The van der Waals surface area contributed by atoms with E-state index in [0.717, 1.165) is 23.1 Å². The number of hydrazone groups is 1. The molecule has 2 N–H and O–H groups in total. The van der Waals surface area contributed by atoms with Gasteiger partial charge in [0.1, 0.15) is 0 Å². The molecule has 0 saturated heterocycles. The minimum atomic E-state index is -4.55. The van der Waals surface area contributed by atoms with Gasteiger partial charge in [0.2, 0.25) is 11.8 Å². The van der Waals surface area contributed by atoms with Gasteiger partial charge in [-0.25, -0.2) is 5.43 Å². The summed E-state index contributed by atoms with van der Waals surface area (Å²) < 4.78 is 38.1. The van der Waals surface area contributed by atoms with E-state index in [1.54, 1.807) is 0 Å². The number of benzene rings is 1. The SMILES string of the molecule is O=C(CCC(=O)Nc1cc(C(F)(F)F)ccc1Cl)NN=Cc1cccs1. The maximum Gasteiger partial charge on any atom is 0.416 e. The summed E-state index contributed by atoms with van der Waals surface area (Å²) in [6.07, 6.45) is -3.49. The Kier molecular flexibility index (Phi) is 6.76. The van der Waals surface area contributed by atoms with Gasteiger partial charge in [-0.1, -0.05) is 17.7 Å². The molecule has 26 heavy (non-hydrogen) atoms. The average Bonchev–Trinajstić information content (AvgIpc) is 3.07. The molecule has 2 rings (SSSR count). The van der Waals surface area contributed by atoms with E-state index in [1.165, 1.54) is 17.6 Å². The Balaban J connectivity index is 1.84. The summed E-state index contributed by atoms with van der Waals surface area (Å²) in [5.41, 5.74) is 1.17. The molecule has 0 radical (unpaired) electrons. The molecule has 0 saturated carbocycles. The lowest BCUT2D eigenvalue weighted by Crippen LogP contribution is -2.20. The number of carbonyl (C=O) groups is 2. The smallest absolute Gasteiger partial charge is 0.325 e. The first kappa shape index (κ1) is 19.9. The van der Waals surface area contributed by atoms with Crippen LogP contribution in [0.4, 0.5) is 18.9 Å². The Morgan fingerprint density at radius 1 is 1.19 bits per heavy atom. The Morgan fingerprint density at radius 3 is 2.58 bits per heavy atom. The van der Waals surface area contributed by atoms with Gasteiger partial charge in [-0.05, 0) is 29.6 Å². The highest BCUT2D eigenvalue weighted by molar-refractivity contribution is 7.11. The van der Waals surface area contributed by atoms with Crippen LogP contribution in [0.2, 0.25) is 5.02 Å². The van der Waals surface area contributed by atoms with Crippen molar-refractivity contribution in [3.63, 3.8) is 0 Å². The van der Waals surface area contributed by atoms with Crippen LogP contribution in [0.3, 0.4) is 0 Å². The quantitative estimate of drug-likeness (QED) is 0.558. The number of halogens is 4. The number of anilines is 1. The van der Waals surface area contributed by atoms with Crippen LogP contribution in [0.5, 0.6) is 0 Å². The van der Waals surface area contributed by atoms with Crippen LogP contribution in [0.1, 0.15) is 23.3 Å². The van der Waals surface area contributed by atoms with E-state index in [-0.39, 0.29) is 23.6 Å². The van der Waals surface area contributed by atoms with E-state index in [4.69, 9.17) is 11.6 Å². The summed E-state index contributed by atoms with van der Waals surface area (Å²) in [6, 6.07) is 6.25. The van der Waals surface area contributed by atoms with Gasteiger partial charge in [0.15, 0.2) is 0 Å². The maximum atomic E-state index is 12.7. The molecule has 0 aliphatic carbocycles. The minimum Gasteiger partial charge on any atom is -0.325 e. The normalized spacial score (nSPS) is 11.5. The Hall–Kier alpha value is -2.39. The second kappa shape index (κ2) is 8.81. The lowest BCUT2D eigenvalue weighted by molar-refractivity contribution is -0.137. The lowest BCUT2D eigenvalue weighted by Gasteiger charge is -2.11. The van der Waals surface area contributed by atoms with Gasteiger partial charge in [-0.2, -0.15) is 18.3 Å². The van der Waals surface area contributed by atoms with Crippen LogP contribution in [0.25, 0.3) is 0 Å². The van der Waals surface area contributed by atoms with E-state index in [0.29, 0.717) is 0 Å². The molecule has 0 fully saturated rings. The fourth-order valence-corrected chi connectivity index (χ4v) is 2.58. The van der Waals surface area contributed by atoms with Crippen molar-refractivity contribution in [2.45, 2.75) is 19.0 Å². The second-order valence-electron chi connectivity index (χ2n) is 5.05. The van der Waals surface area contributed by atoms with Crippen LogP contribution in [-0.2, 0) is 15.8 Å². The predicted octanol–water partition coefficient (Wildman–Crippen LogP) is 4.29. The standard InChI is InChI=1S/C16H13ClF3N3O2S/c17-12-4-3-10(16(18,19)20)8-13(12)22-14(24)5-6-15(25)23-21-9-11-2-1-7-26-11/h1-4,7-9H,5-6H2,(H,22,24)(H,23,25). The Morgan fingerprint density at radius 2 is 1.92 bits per heavy atom. The highest BCUT2D eigenvalue weighted by Crippen LogP contribution is 2.33. The van der Waals surface area contributed by atoms with Crippen LogP contribution in [0.15, 0.2) is 40.8 Å². The number of nitrogens with zero attached hydrogens (tertiary/aromatic N) is 1. The van der Waals surface area contributed by atoms with Crippen molar-refractivity contribution in [2.24, 2.45) is 5.10 Å². The monoisotopic (exact) mass is 403 g/mol. The van der Waals surface area contributed by atoms with E-state index in [1.807, 2.05) is 17.5 Å². The second-order valence-corrected chi connectivity index (χ2v) is 6.44. The average molecular weight is 404 g/mol. The summed E-state index contributed by atoms with van der Waals surface area (Å²) in [7, 11) is 0. The number of amides is 2. The molecule has 1 aromatic carbocycles. The van der Waals surface area contributed by atoms with E-state index in [2.05, 4.69) is 15.8 Å². The van der Waals surface area contributed by atoms with Crippen molar-refractivity contribution >= 4 is 46.7 Å². The van der Waals surface area contributed by atoms with Crippen molar-refractivity contribution in [3.05, 3.63) is 51.2 Å². The Labute approximate surface area is 155 Å². The van der Waals surface area contributed by atoms with Crippen LogP contribution in [-0.4, -0.2) is 18.0 Å². The van der Waals surface area contributed by atoms with Gasteiger partial charge >= 0.3 is 6.18 Å². The molecular weight excluding hydrogens is 391 g/mol. The van der Waals surface area contributed by atoms with Crippen LogP contribution in [0, 0.1) is 0 Å². The molecule has 1 heterocycles. The molecule has 10 heteroatoms. The summed E-state index contributed by atoms with van der Waals surface area (Å²) in [6.45, 7) is 0. The summed E-state index contributed by atoms with van der Waals surface area (Å²) in [5, 5.41) is 7.83. The highest BCUT2D eigenvalue weighted by atomic mass is 35.5. The van der Waals surface area contributed by atoms with Crippen molar-refractivity contribution < 1.29 is 22.8 Å². The van der Waals surface area contributed by atoms with Crippen LogP contribution < -0.4 is 10.7 Å². The van der Waals surface area contributed by atoms with Crippen molar-refractivity contribution in [2.75, 3.05) is 5.32 Å². The summed E-state index contributed by atoms with van der Waals surface area (Å²) in [5.74, 6) is -1.13. The summed E-state index contributed by atoms with van der Waals surface area (Å²) >= 11 is 7.23. The predicted molar refractivity (Wildman–Crippen MR) is 94.4 cm³/mol. The molecule has 2 amide bonds. The van der Waals surface area contributed by atoms with E-state index in [9.17, 15) is 22.8 Å². The number of hydrogen-bond donors (Lipinski definition) is 2. The van der Waals surface area contributed by atoms with E-state index < -0.39 is 23.6 Å². The van der Waals surface area contributed by atoms with Gasteiger partial charge in [-0.3, -0.25) is 9.59 Å². The first-order valence-corrected chi connectivity index (χ1v) is 8.53. The number of nitrogens with one attached hydrogen (secondary N) is 2. The molecule has 1 aromatic heterocycles. The largest absolute Gasteiger partial charge is 0.416 e. The molecule has 0 aliphatic heterocycles. The first-order valence-electron chi connectivity index (χ1n) is 7.27. The van der Waals surface area contributed by atoms with Gasteiger partial charge in [-0.15, -0.1) is 11.3 Å². The topological polar surface area (TPSA) is 70.6 Å². The van der Waals surface area contributed by atoms with Crippen molar-refractivity contribution in [1.82, 2.24) is 5.43 Å². The van der Waals surface area contributed by atoms with Crippen LogP contribution >= 0.6 is 22.9 Å². The van der Waals surface area contributed by atoms with Gasteiger partial charge in [0.05, 0.1) is 22.5 Å². The number of thiophene rings is 1. The minimum absolute atomic E-state index is 0.0312. The zero-order valence-electron chi connectivity index (χ0n) is 13.1. The molecule has 0 unspecified atom stereocenters. The van der Waals surface area contributed by atoms with Gasteiger partial charge in [0.25, 0.3) is 0 Å². The highest BCUT2D eigenvalue weighted by Gasteiger charge is 2.31. The Bertz CT molecular complexity index is 808. The van der Waals surface area contributed by atoms with Crippen molar-refractivity contribution in [1.29, 1.82) is 0 Å². The molecule has 138 valence electrons. The zero-order chi connectivity index (χ0) is 19.2. The third kappa shape index (κ3) is 6.16. The third-order valence-corrected chi connectivity index (χ3v) is 4.21. The van der Waals surface area contributed by atoms with Crippen molar-refractivity contribution in [3.8, 4) is 0 Å². The molecule has 2 aromatic rings. The fraction of sp³-hybridized carbons (Fsp3) is 0.188. The number of carbonyl (C=O) groups excluding carboxylic acids is 2. The number of rotatable bonds is 6. The number of hydrogen-bond acceptors (Lipinski definition) is 4. The molecule has 0 aliphatic rings. The first-order chi connectivity index (χ1) is 12.3.